The smallest absolute Gasteiger partial charge is 0.0541 e. The van der Waals surface area contributed by atoms with Crippen LogP contribution in [0.1, 0.15) is 11.3 Å². The van der Waals surface area contributed by atoms with Crippen LogP contribution in [-0.4, -0.2) is 4.57 Å². The molecule has 110 valence electrons. The molecule has 3 aromatic carbocycles. The molecular formula is C22H17N. The third kappa shape index (κ3) is 1.94. The van der Waals surface area contributed by atoms with Crippen molar-refractivity contribution in [2.45, 2.75) is 0 Å². The molecule has 0 saturated carbocycles. The minimum Gasteiger partial charge on any atom is -0.309 e. The van der Waals surface area contributed by atoms with E-state index in [0.29, 0.717) is 0 Å². The van der Waals surface area contributed by atoms with Gasteiger partial charge < -0.3 is 4.57 Å². The van der Waals surface area contributed by atoms with Crippen molar-refractivity contribution >= 4 is 33.8 Å². The van der Waals surface area contributed by atoms with Crippen LogP contribution in [0.25, 0.3) is 39.5 Å². The zero-order chi connectivity index (χ0) is 15.8. The highest BCUT2D eigenvalue weighted by Gasteiger charge is 2.15. The molecule has 4 rings (SSSR count). The van der Waals surface area contributed by atoms with E-state index in [0.717, 1.165) is 11.3 Å². The summed E-state index contributed by atoms with van der Waals surface area (Å²) in [6.07, 6.45) is 3.83. The van der Waals surface area contributed by atoms with Crippen LogP contribution in [0.15, 0.2) is 79.9 Å². The zero-order valence-corrected chi connectivity index (χ0v) is 12.9. The summed E-state index contributed by atoms with van der Waals surface area (Å²) in [6, 6.07) is 23.3. The Morgan fingerprint density at radius 1 is 0.696 bits per heavy atom. The number of rotatable bonds is 3. The molecule has 0 amide bonds. The molecule has 0 saturated heterocycles. The Labute approximate surface area is 135 Å². The van der Waals surface area contributed by atoms with Gasteiger partial charge in [0.15, 0.2) is 0 Å². The number of hydrogen-bond acceptors (Lipinski definition) is 0. The number of hydrogen-bond donors (Lipinski definition) is 0. The Balaban J connectivity index is 2.21. The standard InChI is InChI=1S/C22H17N/c1-3-17-19-13-7-8-14-22(19)23(20(17)4-2)21-15-9-11-16-10-5-6-12-18(16)21/h3-15H,1-2H2. The number of aromatic nitrogens is 1. The van der Waals surface area contributed by atoms with E-state index in [1.807, 2.05) is 12.2 Å². The summed E-state index contributed by atoms with van der Waals surface area (Å²) < 4.78 is 2.28. The number of fused-ring (bicyclic) bond motifs is 2. The number of para-hydroxylation sites is 1. The third-order valence-corrected chi connectivity index (χ3v) is 4.36. The molecule has 23 heavy (non-hydrogen) atoms. The quantitative estimate of drug-likeness (QED) is 0.432. The van der Waals surface area contributed by atoms with Gasteiger partial charge in [0.25, 0.3) is 0 Å². The molecule has 0 atom stereocenters. The highest BCUT2D eigenvalue weighted by atomic mass is 15.0. The number of benzene rings is 3. The van der Waals surface area contributed by atoms with E-state index in [9.17, 15) is 0 Å². The minimum atomic E-state index is 1.08. The summed E-state index contributed by atoms with van der Waals surface area (Å²) in [5.74, 6) is 0. The monoisotopic (exact) mass is 295 g/mol. The molecule has 4 aromatic rings. The zero-order valence-electron chi connectivity index (χ0n) is 12.9. The topological polar surface area (TPSA) is 4.93 Å². The van der Waals surface area contributed by atoms with Crippen LogP contribution < -0.4 is 0 Å². The maximum Gasteiger partial charge on any atom is 0.0541 e. The molecular weight excluding hydrogens is 278 g/mol. The molecule has 0 unspecified atom stereocenters. The van der Waals surface area contributed by atoms with E-state index < -0.39 is 0 Å². The predicted octanol–water partition coefficient (Wildman–Crippen LogP) is 6.07. The van der Waals surface area contributed by atoms with E-state index in [1.165, 1.54) is 27.4 Å². The Kier molecular flexibility index (Phi) is 3.13. The van der Waals surface area contributed by atoms with Crippen molar-refractivity contribution in [3.05, 3.63) is 91.1 Å². The summed E-state index contributed by atoms with van der Waals surface area (Å²) in [6.45, 7) is 8.03. The molecule has 0 bridgehead atoms. The first kappa shape index (κ1) is 13.6. The fraction of sp³-hybridized carbons (Fsp3) is 0. The van der Waals surface area contributed by atoms with Gasteiger partial charge in [-0.25, -0.2) is 0 Å². The van der Waals surface area contributed by atoms with Crippen molar-refractivity contribution in [1.82, 2.24) is 4.57 Å². The third-order valence-electron chi connectivity index (χ3n) is 4.36. The van der Waals surface area contributed by atoms with Gasteiger partial charge in [-0.15, -0.1) is 0 Å². The van der Waals surface area contributed by atoms with Gasteiger partial charge in [-0.1, -0.05) is 73.8 Å². The first-order valence-electron chi connectivity index (χ1n) is 7.71. The van der Waals surface area contributed by atoms with Crippen LogP contribution in [0.3, 0.4) is 0 Å². The summed E-state index contributed by atoms with van der Waals surface area (Å²) >= 11 is 0. The summed E-state index contributed by atoms with van der Waals surface area (Å²) in [5, 5.41) is 3.66. The van der Waals surface area contributed by atoms with Crippen molar-refractivity contribution in [3.8, 4) is 5.69 Å². The lowest BCUT2D eigenvalue weighted by molar-refractivity contribution is 1.12. The summed E-state index contributed by atoms with van der Waals surface area (Å²) in [4.78, 5) is 0. The Bertz CT molecular complexity index is 1040. The predicted molar refractivity (Wildman–Crippen MR) is 101 cm³/mol. The lowest BCUT2D eigenvalue weighted by Gasteiger charge is -2.12. The normalized spacial score (nSPS) is 11.0. The largest absolute Gasteiger partial charge is 0.309 e. The van der Waals surface area contributed by atoms with Crippen molar-refractivity contribution in [3.63, 3.8) is 0 Å². The maximum atomic E-state index is 4.03. The molecule has 0 fully saturated rings. The number of nitrogens with zero attached hydrogens (tertiary/aromatic N) is 1. The van der Waals surface area contributed by atoms with Gasteiger partial charge in [-0.2, -0.15) is 0 Å². The van der Waals surface area contributed by atoms with Crippen molar-refractivity contribution in [1.29, 1.82) is 0 Å². The molecule has 1 heterocycles. The minimum absolute atomic E-state index is 1.08. The average Bonchev–Trinajstić information content (AvgIpc) is 2.94. The summed E-state index contributed by atoms with van der Waals surface area (Å²) in [7, 11) is 0. The molecule has 0 N–H and O–H groups in total. The van der Waals surface area contributed by atoms with E-state index >= 15 is 0 Å². The fourth-order valence-corrected chi connectivity index (χ4v) is 3.36. The van der Waals surface area contributed by atoms with Crippen molar-refractivity contribution in [2.75, 3.05) is 0 Å². The first-order valence-corrected chi connectivity index (χ1v) is 7.71. The Hall–Kier alpha value is -3.06. The van der Waals surface area contributed by atoms with Crippen LogP contribution >= 0.6 is 0 Å². The van der Waals surface area contributed by atoms with Crippen LogP contribution in [0.5, 0.6) is 0 Å². The Morgan fingerprint density at radius 2 is 1.39 bits per heavy atom. The van der Waals surface area contributed by atoms with Gasteiger partial charge in [-0.05, 0) is 23.6 Å². The fourth-order valence-electron chi connectivity index (χ4n) is 3.36. The molecule has 0 spiro atoms. The van der Waals surface area contributed by atoms with Crippen LogP contribution in [0.4, 0.5) is 0 Å². The molecule has 1 aromatic heterocycles. The maximum absolute atomic E-state index is 4.03. The Morgan fingerprint density at radius 3 is 2.17 bits per heavy atom. The van der Waals surface area contributed by atoms with Gasteiger partial charge in [0.1, 0.15) is 0 Å². The highest BCUT2D eigenvalue weighted by Crippen LogP contribution is 2.33. The van der Waals surface area contributed by atoms with Gasteiger partial charge in [-0.3, -0.25) is 0 Å². The van der Waals surface area contributed by atoms with Gasteiger partial charge >= 0.3 is 0 Å². The van der Waals surface area contributed by atoms with Crippen LogP contribution in [0.2, 0.25) is 0 Å². The lowest BCUT2D eigenvalue weighted by Crippen LogP contribution is -1.97. The molecule has 0 radical (unpaired) electrons. The first-order chi connectivity index (χ1) is 11.3. The van der Waals surface area contributed by atoms with E-state index in [-0.39, 0.29) is 0 Å². The van der Waals surface area contributed by atoms with Gasteiger partial charge in [0.2, 0.25) is 0 Å². The lowest BCUT2D eigenvalue weighted by atomic mass is 10.1. The average molecular weight is 295 g/mol. The van der Waals surface area contributed by atoms with Crippen molar-refractivity contribution < 1.29 is 0 Å². The van der Waals surface area contributed by atoms with E-state index in [1.54, 1.807) is 0 Å². The van der Waals surface area contributed by atoms with Crippen LogP contribution in [-0.2, 0) is 0 Å². The highest BCUT2D eigenvalue weighted by molar-refractivity contribution is 5.98. The molecule has 1 heteroatoms. The molecule has 1 nitrogen and oxygen atoms in total. The second-order valence-electron chi connectivity index (χ2n) is 5.56. The van der Waals surface area contributed by atoms with Crippen molar-refractivity contribution in [2.24, 2.45) is 0 Å². The van der Waals surface area contributed by atoms with E-state index in [2.05, 4.69) is 84.5 Å². The second-order valence-corrected chi connectivity index (χ2v) is 5.56. The van der Waals surface area contributed by atoms with Crippen LogP contribution in [0, 0.1) is 0 Å². The van der Waals surface area contributed by atoms with E-state index in [4.69, 9.17) is 0 Å². The SMILES string of the molecule is C=Cc1c(C=C)n(-c2cccc3ccccc23)c2ccccc12. The molecule has 0 aliphatic rings. The molecule has 0 aliphatic carbocycles. The second kappa shape index (κ2) is 5.29. The van der Waals surface area contributed by atoms with Gasteiger partial charge in [0, 0.05) is 16.3 Å². The molecule has 0 aliphatic heterocycles. The van der Waals surface area contributed by atoms with Gasteiger partial charge in [0.05, 0.1) is 16.9 Å². The summed E-state index contributed by atoms with van der Waals surface area (Å²) in [5.41, 5.74) is 4.55.